The van der Waals surface area contributed by atoms with Crippen LogP contribution in [-0.4, -0.2) is 19.7 Å². The molecule has 0 amide bonds. The van der Waals surface area contributed by atoms with Gasteiger partial charge in [-0.25, -0.2) is 0 Å². The minimum absolute atomic E-state index is 0.138. The van der Waals surface area contributed by atoms with Gasteiger partial charge in [0.15, 0.2) is 0 Å². The predicted octanol–water partition coefficient (Wildman–Crippen LogP) is 4.03. The molecule has 0 aliphatic rings. The zero-order valence-corrected chi connectivity index (χ0v) is 14.2. The van der Waals surface area contributed by atoms with Crippen LogP contribution in [0.4, 0.5) is 0 Å². The number of ether oxygens (including phenoxy) is 2. The zero-order chi connectivity index (χ0) is 16.5. The Morgan fingerprint density at radius 3 is 2.32 bits per heavy atom. The average molecular weight is 302 g/mol. The van der Waals surface area contributed by atoms with Crippen molar-refractivity contribution >= 4 is 5.97 Å². The van der Waals surface area contributed by atoms with Crippen LogP contribution in [0.2, 0.25) is 0 Å². The second-order valence-corrected chi connectivity index (χ2v) is 5.83. The molecule has 0 heterocycles. The van der Waals surface area contributed by atoms with E-state index in [2.05, 4.69) is 32.6 Å². The van der Waals surface area contributed by atoms with Crippen LogP contribution in [0.3, 0.4) is 0 Å². The Labute approximate surface area is 134 Å². The van der Waals surface area contributed by atoms with E-state index in [4.69, 9.17) is 9.47 Å². The van der Waals surface area contributed by atoms with E-state index in [-0.39, 0.29) is 18.3 Å². The van der Waals surface area contributed by atoms with Crippen molar-refractivity contribution in [1.82, 2.24) is 0 Å². The summed E-state index contributed by atoms with van der Waals surface area (Å²) >= 11 is 0. The minimum atomic E-state index is -0.251. The molecule has 0 saturated carbocycles. The van der Waals surface area contributed by atoms with Gasteiger partial charge in [0.1, 0.15) is 5.75 Å². The van der Waals surface area contributed by atoms with E-state index in [1.54, 1.807) is 6.92 Å². The Bertz CT molecular complexity index is 520. The van der Waals surface area contributed by atoms with E-state index in [1.807, 2.05) is 24.3 Å². The molecule has 1 rings (SSSR count). The van der Waals surface area contributed by atoms with Crippen LogP contribution >= 0.6 is 0 Å². The van der Waals surface area contributed by atoms with E-state index in [1.165, 1.54) is 7.11 Å². The van der Waals surface area contributed by atoms with E-state index in [0.717, 1.165) is 11.3 Å². The highest BCUT2D eigenvalue weighted by Crippen LogP contribution is 2.23. The maximum Gasteiger partial charge on any atom is 0.307 e. The lowest BCUT2D eigenvalue weighted by molar-refractivity contribution is -0.140. The number of rotatable bonds is 7. The zero-order valence-electron chi connectivity index (χ0n) is 14.2. The SMILES string of the molecule is CC#CC(CC(=O)OC)c1ccc(OCC(C)C(C)C)cc1. The van der Waals surface area contributed by atoms with Crippen LogP contribution < -0.4 is 4.74 Å². The van der Waals surface area contributed by atoms with Crippen molar-refractivity contribution in [2.75, 3.05) is 13.7 Å². The smallest absolute Gasteiger partial charge is 0.307 e. The Morgan fingerprint density at radius 2 is 1.82 bits per heavy atom. The van der Waals surface area contributed by atoms with Crippen molar-refractivity contribution in [3.05, 3.63) is 29.8 Å². The average Bonchev–Trinajstić information content (AvgIpc) is 2.52. The molecular formula is C19H26O3. The first-order chi connectivity index (χ1) is 10.5. The number of benzene rings is 1. The van der Waals surface area contributed by atoms with Crippen LogP contribution in [0.1, 0.15) is 45.6 Å². The largest absolute Gasteiger partial charge is 0.493 e. The number of hydrogen-bond acceptors (Lipinski definition) is 3. The Balaban J connectivity index is 2.72. The van der Waals surface area contributed by atoms with Gasteiger partial charge in [-0.2, -0.15) is 0 Å². The van der Waals surface area contributed by atoms with Crippen LogP contribution in [0.15, 0.2) is 24.3 Å². The van der Waals surface area contributed by atoms with Crippen molar-refractivity contribution in [3.8, 4) is 17.6 Å². The number of carbonyl (C=O) groups excluding carboxylic acids is 1. The van der Waals surface area contributed by atoms with Crippen molar-refractivity contribution < 1.29 is 14.3 Å². The highest BCUT2D eigenvalue weighted by atomic mass is 16.5. The molecule has 0 radical (unpaired) electrons. The number of esters is 1. The summed E-state index contributed by atoms with van der Waals surface area (Å²) in [5.41, 5.74) is 1.00. The molecule has 1 aromatic carbocycles. The fourth-order valence-corrected chi connectivity index (χ4v) is 1.89. The Morgan fingerprint density at radius 1 is 1.18 bits per heavy atom. The second-order valence-electron chi connectivity index (χ2n) is 5.83. The predicted molar refractivity (Wildman–Crippen MR) is 88.8 cm³/mol. The standard InChI is InChI=1S/C19H26O3/c1-6-7-17(12-19(20)21-5)16-8-10-18(11-9-16)22-13-15(4)14(2)3/h8-11,14-15,17H,12-13H2,1-5H3. The lowest BCUT2D eigenvalue weighted by Gasteiger charge is -2.17. The molecule has 2 unspecified atom stereocenters. The quantitative estimate of drug-likeness (QED) is 0.563. The summed E-state index contributed by atoms with van der Waals surface area (Å²) in [6.45, 7) is 9.05. The summed E-state index contributed by atoms with van der Waals surface area (Å²) in [5, 5.41) is 0. The third-order valence-electron chi connectivity index (χ3n) is 3.85. The molecule has 0 aliphatic heterocycles. The summed E-state index contributed by atoms with van der Waals surface area (Å²) in [6.07, 6.45) is 0.266. The molecule has 0 N–H and O–H groups in total. The van der Waals surface area contributed by atoms with Crippen LogP contribution in [0, 0.1) is 23.7 Å². The summed E-state index contributed by atoms with van der Waals surface area (Å²) in [5.74, 6) is 7.50. The van der Waals surface area contributed by atoms with E-state index in [9.17, 15) is 4.79 Å². The second kappa shape index (κ2) is 9.15. The topological polar surface area (TPSA) is 35.5 Å². The highest BCUT2D eigenvalue weighted by molar-refractivity contribution is 5.71. The van der Waals surface area contributed by atoms with Crippen molar-refractivity contribution in [2.24, 2.45) is 11.8 Å². The summed E-state index contributed by atoms with van der Waals surface area (Å²) in [4.78, 5) is 11.5. The maximum atomic E-state index is 11.5. The molecule has 2 atom stereocenters. The van der Waals surface area contributed by atoms with Gasteiger partial charge in [-0.15, -0.1) is 5.92 Å². The molecule has 0 saturated heterocycles. The molecule has 3 nitrogen and oxygen atoms in total. The molecule has 1 aromatic rings. The molecule has 0 aromatic heterocycles. The van der Waals surface area contributed by atoms with Crippen molar-refractivity contribution in [2.45, 2.75) is 40.0 Å². The van der Waals surface area contributed by atoms with E-state index in [0.29, 0.717) is 18.4 Å². The van der Waals surface area contributed by atoms with Gasteiger partial charge in [-0.1, -0.05) is 38.8 Å². The summed E-state index contributed by atoms with van der Waals surface area (Å²) < 4.78 is 10.5. The minimum Gasteiger partial charge on any atom is -0.493 e. The Hall–Kier alpha value is -1.95. The number of methoxy groups -OCH3 is 1. The van der Waals surface area contributed by atoms with Crippen LogP contribution in [0.25, 0.3) is 0 Å². The van der Waals surface area contributed by atoms with Gasteiger partial charge in [0, 0.05) is 0 Å². The molecule has 120 valence electrons. The molecule has 0 fully saturated rings. The van der Waals surface area contributed by atoms with Gasteiger partial charge < -0.3 is 9.47 Å². The molecule has 0 aliphatic carbocycles. The van der Waals surface area contributed by atoms with E-state index >= 15 is 0 Å². The van der Waals surface area contributed by atoms with Gasteiger partial charge in [0.2, 0.25) is 0 Å². The first-order valence-corrected chi connectivity index (χ1v) is 7.69. The lowest BCUT2D eigenvalue weighted by atomic mass is 9.96. The van der Waals surface area contributed by atoms with Gasteiger partial charge in [0.25, 0.3) is 0 Å². The summed E-state index contributed by atoms with van der Waals surface area (Å²) in [7, 11) is 1.39. The lowest BCUT2D eigenvalue weighted by Crippen LogP contribution is -2.14. The number of carbonyl (C=O) groups is 1. The fraction of sp³-hybridized carbons (Fsp3) is 0.526. The maximum absolute atomic E-state index is 11.5. The van der Waals surface area contributed by atoms with Crippen molar-refractivity contribution in [3.63, 3.8) is 0 Å². The van der Waals surface area contributed by atoms with Gasteiger partial charge in [-0.05, 0) is 36.5 Å². The fourth-order valence-electron chi connectivity index (χ4n) is 1.89. The third-order valence-corrected chi connectivity index (χ3v) is 3.85. The van der Waals surface area contributed by atoms with Crippen molar-refractivity contribution in [1.29, 1.82) is 0 Å². The van der Waals surface area contributed by atoms with E-state index < -0.39 is 0 Å². The molecule has 3 heteroatoms. The molecular weight excluding hydrogens is 276 g/mol. The van der Waals surface area contributed by atoms with Gasteiger partial charge in [0.05, 0.1) is 26.1 Å². The van der Waals surface area contributed by atoms with Crippen LogP contribution in [-0.2, 0) is 9.53 Å². The first kappa shape index (κ1) is 18.1. The van der Waals surface area contributed by atoms with Gasteiger partial charge >= 0.3 is 5.97 Å². The summed E-state index contributed by atoms with van der Waals surface area (Å²) in [6, 6.07) is 7.80. The van der Waals surface area contributed by atoms with Gasteiger partial charge in [-0.3, -0.25) is 4.79 Å². The number of hydrogen-bond donors (Lipinski definition) is 0. The Kier molecular flexibility index (Phi) is 7.52. The molecule has 0 bridgehead atoms. The highest BCUT2D eigenvalue weighted by Gasteiger charge is 2.14. The van der Waals surface area contributed by atoms with Crippen LogP contribution in [0.5, 0.6) is 5.75 Å². The molecule has 0 spiro atoms. The molecule has 22 heavy (non-hydrogen) atoms. The first-order valence-electron chi connectivity index (χ1n) is 7.69. The third kappa shape index (κ3) is 5.81. The normalized spacial score (nSPS) is 13.0. The monoisotopic (exact) mass is 302 g/mol.